The van der Waals surface area contributed by atoms with Crippen molar-refractivity contribution in [3.05, 3.63) is 82.4 Å². The Hall–Kier alpha value is -2.66. The highest BCUT2D eigenvalue weighted by atomic mass is 35.5. The zero-order chi connectivity index (χ0) is 18.5. The predicted octanol–water partition coefficient (Wildman–Crippen LogP) is 3.84. The number of rotatable bonds is 6. The summed E-state index contributed by atoms with van der Waals surface area (Å²) < 4.78 is 1.86. The van der Waals surface area contributed by atoms with E-state index in [-0.39, 0.29) is 11.9 Å². The van der Waals surface area contributed by atoms with E-state index in [1.54, 1.807) is 12.4 Å². The first-order chi connectivity index (χ1) is 12.5. The molecule has 0 radical (unpaired) electrons. The average Bonchev–Trinajstić information content (AvgIpc) is 2.97. The predicted molar refractivity (Wildman–Crippen MR) is 102 cm³/mol. The van der Waals surface area contributed by atoms with Crippen molar-refractivity contribution in [1.82, 2.24) is 20.1 Å². The number of benzene rings is 1. The third kappa shape index (κ3) is 4.49. The normalized spacial score (nSPS) is 12.0. The summed E-state index contributed by atoms with van der Waals surface area (Å²) in [5.74, 6) is -0.0404. The summed E-state index contributed by atoms with van der Waals surface area (Å²) >= 11 is 5.99. The number of halogens is 1. The quantitative estimate of drug-likeness (QED) is 0.719. The van der Waals surface area contributed by atoms with Gasteiger partial charge in [0.15, 0.2) is 0 Å². The Labute approximate surface area is 158 Å². The van der Waals surface area contributed by atoms with Crippen LogP contribution in [0.25, 0.3) is 0 Å². The van der Waals surface area contributed by atoms with Gasteiger partial charge in [-0.25, -0.2) is 0 Å². The van der Waals surface area contributed by atoms with Gasteiger partial charge in [-0.05, 0) is 49.2 Å². The van der Waals surface area contributed by atoms with E-state index < -0.39 is 0 Å². The van der Waals surface area contributed by atoms with Crippen LogP contribution >= 0.6 is 11.6 Å². The molecule has 0 bridgehead atoms. The summed E-state index contributed by atoms with van der Waals surface area (Å²) in [5.41, 5.74) is 3.89. The van der Waals surface area contributed by atoms with Gasteiger partial charge in [-0.3, -0.25) is 14.5 Å². The van der Waals surface area contributed by atoms with E-state index in [2.05, 4.69) is 15.4 Å². The summed E-state index contributed by atoms with van der Waals surface area (Å²) in [6.07, 6.45) is 3.83. The van der Waals surface area contributed by atoms with Crippen molar-refractivity contribution in [2.75, 3.05) is 0 Å². The van der Waals surface area contributed by atoms with Gasteiger partial charge in [0.1, 0.15) is 0 Å². The molecule has 1 aromatic carbocycles. The maximum Gasteiger partial charge on any atom is 0.222 e. The Kier molecular flexibility index (Phi) is 5.68. The summed E-state index contributed by atoms with van der Waals surface area (Å²) in [6.45, 7) is 4.48. The lowest BCUT2D eigenvalue weighted by Gasteiger charge is -2.20. The van der Waals surface area contributed by atoms with Crippen LogP contribution in [-0.2, 0) is 11.3 Å². The Morgan fingerprint density at radius 2 is 1.96 bits per heavy atom. The van der Waals surface area contributed by atoms with Crippen molar-refractivity contribution in [3.63, 3.8) is 0 Å². The SMILES string of the molecule is Cc1cc(C)n(CCC(=O)NC(c2ccc(Cl)cc2)c2cccnc2)n1. The van der Waals surface area contributed by atoms with Gasteiger partial charge < -0.3 is 5.32 Å². The molecule has 2 heterocycles. The maximum absolute atomic E-state index is 12.6. The van der Waals surface area contributed by atoms with Gasteiger partial charge in [0, 0.05) is 36.1 Å². The van der Waals surface area contributed by atoms with Crippen molar-refractivity contribution in [2.45, 2.75) is 32.9 Å². The van der Waals surface area contributed by atoms with Gasteiger partial charge >= 0.3 is 0 Å². The van der Waals surface area contributed by atoms with Crippen molar-refractivity contribution in [1.29, 1.82) is 0 Å². The number of aromatic nitrogens is 3. The van der Waals surface area contributed by atoms with E-state index in [4.69, 9.17) is 11.6 Å². The van der Waals surface area contributed by atoms with Gasteiger partial charge in [-0.1, -0.05) is 29.8 Å². The standard InChI is InChI=1S/C20H21ClN4O/c1-14-12-15(2)25(24-14)11-9-19(26)23-20(17-4-3-10-22-13-17)16-5-7-18(21)8-6-16/h3-8,10,12-13,20H,9,11H2,1-2H3,(H,23,26). The monoisotopic (exact) mass is 368 g/mol. The summed E-state index contributed by atoms with van der Waals surface area (Å²) in [5, 5.41) is 8.16. The van der Waals surface area contributed by atoms with Crippen LogP contribution in [0.1, 0.15) is 35.0 Å². The number of carbonyl (C=O) groups excluding carboxylic acids is 1. The van der Waals surface area contributed by atoms with Gasteiger partial charge in [0.2, 0.25) is 5.91 Å². The second-order valence-electron chi connectivity index (χ2n) is 6.24. The van der Waals surface area contributed by atoms with E-state index >= 15 is 0 Å². The molecular formula is C20H21ClN4O. The minimum absolute atomic E-state index is 0.0404. The Bertz CT molecular complexity index is 875. The zero-order valence-electron chi connectivity index (χ0n) is 14.8. The molecule has 1 atom stereocenters. The van der Waals surface area contributed by atoms with E-state index in [9.17, 15) is 4.79 Å². The van der Waals surface area contributed by atoms with Crippen LogP contribution in [0.2, 0.25) is 5.02 Å². The second-order valence-corrected chi connectivity index (χ2v) is 6.68. The number of amides is 1. The largest absolute Gasteiger partial charge is 0.345 e. The molecule has 5 nitrogen and oxygen atoms in total. The molecule has 26 heavy (non-hydrogen) atoms. The lowest BCUT2D eigenvalue weighted by Crippen LogP contribution is -2.30. The molecule has 2 aromatic heterocycles. The smallest absolute Gasteiger partial charge is 0.222 e. The molecule has 0 fully saturated rings. The molecule has 3 aromatic rings. The molecule has 0 saturated carbocycles. The molecule has 6 heteroatoms. The first-order valence-corrected chi connectivity index (χ1v) is 8.86. The fourth-order valence-electron chi connectivity index (χ4n) is 2.90. The minimum Gasteiger partial charge on any atom is -0.345 e. The molecule has 0 saturated heterocycles. The second kappa shape index (κ2) is 8.15. The number of nitrogens with zero attached hydrogens (tertiary/aromatic N) is 3. The first kappa shape index (κ1) is 18.1. The van der Waals surface area contributed by atoms with Crippen LogP contribution in [0.5, 0.6) is 0 Å². The molecule has 0 aliphatic rings. The fourth-order valence-corrected chi connectivity index (χ4v) is 3.03. The number of hydrogen-bond acceptors (Lipinski definition) is 3. The average molecular weight is 369 g/mol. The number of nitrogens with one attached hydrogen (secondary N) is 1. The highest BCUT2D eigenvalue weighted by Gasteiger charge is 2.17. The lowest BCUT2D eigenvalue weighted by atomic mass is 10.00. The van der Waals surface area contributed by atoms with E-state index in [0.717, 1.165) is 22.5 Å². The zero-order valence-corrected chi connectivity index (χ0v) is 15.6. The number of hydrogen-bond donors (Lipinski definition) is 1. The molecule has 1 N–H and O–H groups in total. The van der Waals surface area contributed by atoms with Crippen LogP contribution in [0.3, 0.4) is 0 Å². The van der Waals surface area contributed by atoms with Crippen molar-refractivity contribution >= 4 is 17.5 Å². The third-order valence-corrected chi connectivity index (χ3v) is 4.43. The molecule has 0 aliphatic carbocycles. The van der Waals surface area contributed by atoms with Gasteiger partial charge in [0.25, 0.3) is 0 Å². The number of aryl methyl sites for hydroxylation is 3. The Morgan fingerprint density at radius 1 is 1.19 bits per heavy atom. The number of carbonyl (C=O) groups is 1. The number of pyridine rings is 1. The molecular weight excluding hydrogens is 348 g/mol. The maximum atomic E-state index is 12.6. The van der Waals surface area contributed by atoms with Crippen LogP contribution in [-0.4, -0.2) is 20.7 Å². The highest BCUT2D eigenvalue weighted by Crippen LogP contribution is 2.23. The minimum atomic E-state index is -0.270. The van der Waals surface area contributed by atoms with Crippen LogP contribution < -0.4 is 5.32 Å². The molecule has 1 unspecified atom stereocenters. The van der Waals surface area contributed by atoms with Crippen molar-refractivity contribution in [3.8, 4) is 0 Å². The summed E-state index contributed by atoms with van der Waals surface area (Å²) in [7, 11) is 0. The fraction of sp³-hybridized carbons (Fsp3) is 0.250. The van der Waals surface area contributed by atoms with Crippen molar-refractivity contribution < 1.29 is 4.79 Å². The van der Waals surface area contributed by atoms with Crippen LogP contribution in [0, 0.1) is 13.8 Å². The van der Waals surface area contributed by atoms with E-state index in [1.807, 2.05) is 61.0 Å². The summed E-state index contributed by atoms with van der Waals surface area (Å²) in [6, 6.07) is 13.0. The Balaban J connectivity index is 1.74. The molecule has 134 valence electrons. The lowest BCUT2D eigenvalue weighted by molar-refractivity contribution is -0.121. The van der Waals surface area contributed by atoms with Crippen molar-refractivity contribution in [2.24, 2.45) is 0 Å². The van der Waals surface area contributed by atoms with Gasteiger partial charge in [0.05, 0.1) is 11.7 Å². The third-order valence-electron chi connectivity index (χ3n) is 4.18. The first-order valence-electron chi connectivity index (χ1n) is 8.49. The van der Waals surface area contributed by atoms with Gasteiger partial charge in [-0.2, -0.15) is 5.10 Å². The highest BCUT2D eigenvalue weighted by molar-refractivity contribution is 6.30. The Morgan fingerprint density at radius 3 is 2.58 bits per heavy atom. The van der Waals surface area contributed by atoms with E-state index in [1.165, 1.54) is 0 Å². The van der Waals surface area contributed by atoms with Crippen LogP contribution in [0.15, 0.2) is 54.9 Å². The molecule has 0 aliphatic heterocycles. The topological polar surface area (TPSA) is 59.8 Å². The molecule has 3 rings (SSSR count). The molecule has 1 amide bonds. The summed E-state index contributed by atoms with van der Waals surface area (Å²) in [4.78, 5) is 16.7. The molecule has 0 spiro atoms. The van der Waals surface area contributed by atoms with Gasteiger partial charge in [-0.15, -0.1) is 0 Å². The van der Waals surface area contributed by atoms with E-state index in [0.29, 0.717) is 18.0 Å². The van der Waals surface area contributed by atoms with Crippen LogP contribution in [0.4, 0.5) is 0 Å².